The maximum atomic E-state index is 9.63. The van der Waals surface area contributed by atoms with Crippen LogP contribution in [0.4, 0.5) is 0 Å². The van der Waals surface area contributed by atoms with Crippen LogP contribution in [0.15, 0.2) is 0 Å². The molecule has 4 N–H and O–H groups in total. The zero-order chi connectivity index (χ0) is 17.2. The number of nitrogens with two attached hydrogens (primary N) is 1. The van der Waals surface area contributed by atoms with Crippen molar-refractivity contribution in [3.05, 3.63) is 0 Å². The second kappa shape index (κ2) is 18.2. The minimum atomic E-state index is -0.547. The van der Waals surface area contributed by atoms with Gasteiger partial charge in [0, 0.05) is 13.7 Å². The summed E-state index contributed by atoms with van der Waals surface area (Å²) in [6.45, 7) is 0.779. The van der Waals surface area contributed by atoms with Crippen LogP contribution in [0, 0.1) is 0 Å². The molecule has 0 unspecified atom stereocenters. The molecule has 0 aromatic carbocycles. The molecule has 2 atom stereocenters. The van der Waals surface area contributed by atoms with Crippen LogP contribution in [-0.2, 0) is 4.74 Å². The molecule has 0 bridgehead atoms. The van der Waals surface area contributed by atoms with Crippen molar-refractivity contribution in [1.82, 2.24) is 0 Å². The van der Waals surface area contributed by atoms with Gasteiger partial charge in [0.25, 0.3) is 0 Å². The molecule has 0 aliphatic carbocycles. The fraction of sp³-hybridized carbons (Fsp3) is 1.00. The van der Waals surface area contributed by atoms with E-state index in [2.05, 4.69) is 0 Å². The first-order valence-corrected chi connectivity index (χ1v) is 9.75. The number of hydrogen-bond acceptors (Lipinski definition) is 4. The van der Waals surface area contributed by atoms with Gasteiger partial charge in [0.2, 0.25) is 0 Å². The highest BCUT2D eigenvalue weighted by Gasteiger charge is 2.12. The van der Waals surface area contributed by atoms with Crippen LogP contribution in [-0.4, -0.2) is 42.7 Å². The Balaban J connectivity index is 3.08. The van der Waals surface area contributed by atoms with E-state index in [4.69, 9.17) is 15.6 Å². The summed E-state index contributed by atoms with van der Waals surface area (Å²) < 4.78 is 5.05. The average Bonchev–Trinajstić information content (AvgIpc) is 2.57. The Morgan fingerprint density at radius 3 is 1.52 bits per heavy atom. The van der Waals surface area contributed by atoms with E-state index in [1.54, 1.807) is 7.11 Å². The Bertz CT molecular complexity index is 227. The van der Waals surface area contributed by atoms with Gasteiger partial charge in [-0.2, -0.15) is 0 Å². The maximum Gasteiger partial charge on any atom is 0.0713 e. The van der Waals surface area contributed by atoms with Crippen LogP contribution < -0.4 is 5.73 Å². The van der Waals surface area contributed by atoms with E-state index in [1.165, 1.54) is 70.6 Å². The number of methoxy groups -OCH3 is 1. The summed E-state index contributed by atoms with van der Waals surface area (Å²) in [5.74, 6) is 0. The summed E-state index contributed by atoms with van der Waals surface area (Å²) in [5, 5.41) is 18.5. The predicted molar refractivity (Wildman–Crippen MR) is 97.6 cm³/mol. The minimum absolute atomic E-state index is 0.131. The first-order chi connectivity index (χ1) is 11.2. The zero-order valence-electron chi connectivity index (χ0n) is 15.3. The van der Waals surface area contributed by atoms with E-state index in [1.807, 2.05) is 0 Å². The third-order valence-corrected chi connectivity index (χ3v) is 4.55. The quantitative estimate of drug-likeness (QED) is 0.334. The Morgan fingerprint density at radius 1 is 0.739 bits per heavy atom. The van der Waals surface area contributed by atoms with Crippen molar-refractivity contribution in [2.75, 3.05) is 20.3 Å². The third-order valence-electron chi connectivity index (χ3n) is 4.55. The molecule has 0 saturated heterocycles. The Labute approximate surface area is 143 Å². The van der Waals surface area contributed by atoms with Crippen LogP contribution >= 0.6 is 0 Å². The van der Waals surface area contributed by atoms with Gasteiger partial charge in [0.05, 0.1) is 18.8 Å². The molecule has 0 amide bonds. The van der Waals surface area contributed by atoms with Crippen molar-refractivity contribution in [1.29, 1.82) is 0 Å². The lowest BCUT2D eigenvalue weighted by atomic mass is 10.0. The average molecular weight is 332 g/mol. The van der Waals surface area contributed by atoms with E-state index in [9.17, 15) is 5.11 Å². The summed E-state index contributed by atoms with van der Waals surface area (Å²) in [6.07, 6.45) is 17.0. The van der Waals surface area contributed by atoms with E-state index in [-0.39, 0.29) is 6.61 Å². The highest BCUT2D eigenvalue weighted by molar-refractivity contribution is 4.70. The fourth-order valence-corrected chi connectivity index (χ4v) is 2.88. The number of hydrogen-bond donors (Lipinski definition) is 3. The SMILES string of the molecule is COCCCCCCCCCCCCCCC[C@H](O)[C@@H](N)CO. The lowest BCUT2D eigenvalue weighted by Gasteiger charge is -2.15. The van der Waals surface area contributed by atoms with Crippen molar-refractivity contribution in [2.24, 2.45) is 5.73 Å². The number of ether oxygens (including phenoxy) is 1. The van der Waals surface area contributed by atoms with E-state index < -0.39 is 12.1 Å². The van der Waals surface area contributed by atoms with E-state index in [0.29, 0.717) is 6.42 Å². The summed E-state index contributed by atoms with van der Waals surface area (Å²) in [5.41, 5.74) is 5.57. The normalized spacial score (nSPS) is 14.1. The molecule has 0 fully saturated rings. The van der Waals surface area contributed by atoms with Gasteiger partial charge in [-0.25, -0.2) is 0 Å². The van der Waals surface area contributed by atoms with Gasteiger partial charge < -0.3 is 20.7 Å². The van der Waals surface area contributed by atoms with Crippen molar-refractivity contribution in [2.45, 2.75) is 102 Å². The molecule has 0 aromatic rings. The van der Waals surface area contributed by atoms with Crippen LogP contribution in [0.1, 0.15) is 89.9 Å². The first-order valence-electron chi connectivity index (χ1n) is 9.75. The summed E-state index contributed by atoms with van der Waals surface area (Å²) in [7, 11) is 1.77. The van der Waals surface area contributed by atoms with Crippen LogP contribution in [0.2, 0.25) is 0 Å². The number of aliphatic hydroxyl groups is 2. The largest absolute Gasteiger partial charge is 0.395 e. The third kappa shape index (κ3) is 16.5. The minimum Gasteiger partial charge on any atom is -0.395 e. The van der Waals surface area contributed by atoms with Gasteiger partial charge in [-0.15, -0.1) is 0 Å². The molecule has 0 spiro atoms. The maximum absolute atomic E-state index is 9.63. The molecule has 0 heterocycles. The fourth-order valence-electron chi connectivity index (χ4n) is 2.88. The van der Waals surface area contributed by atoms with Crippen LogP contribution in [0.25, 0.3) is 0 Å². The lowest BCUT2D eigenvalue weighted by Crippen LogP contribution is -2.37. The molecule has 23 heavy (non-hydrogen) atoms. The molecule has 0 aliphatic heterocycles. The summed E-state index contributed by atoms with van der Waals surface area (Å²) in [4.78, 5) is 0. The Morgan fingerprint density at radius 2 is 1.13 bits per heavy atom. The molecular weight excluding hydrogens is 290 g/mol. The van der Waals surface area contributed by atoms with Crippen molar-refractivity contribution < 1.29 is 14.9 Å². The first kappa shape index (κ1) is 22.8. The van der Waals surface area contributed by atoms with E-state index in [0.717, 1.165) is 19.4 Å². The molecule has 0 rings (SSSR count). The lowest BCUT2D eigenvalue weighted by molar-refractivity contribution is 0.0990. The molecule has 0 saturated carbocycles. The summed E-state index contributed by atoms with van der Waals surface area (Å²) >= 11 is 0. The highest BCUT2D eigenvalue weighted by atomic mass is 16.5. The molecule has 0 aromatic heterocycles. The highest BCUT2D eigenvalue weighted by Crippen LogP contribution is 2.13. The van der Waals surface area contributed by atoms with Crippen molar-refractivity contribution in [3.63, 3.8) is 0 Å². The van der Waals surface area contributed by atoms with Crippen molar-refractivity contribution in [3.8, 4) is 0 Å². The van der Waals surface area contributed by atoms with Gasteiger partial charge in [-0.3, -0.25) is 0 Å². The van der Waals surface area contributed by atoms with Gasteiger partial charge >= 0.3 is 0 Å². The van der Waals surface area contributed by atoms with Crippen LogP contribution in [0.3, 0.4) is 0 Å². The smallest absolute Gasteiger partial charge is 0.0713 e. The van der Waals surface area contributed by atoms with Gasteiger partial charge in [0.15, 0.2) is 0 Å². The monoisotopic (exact) mass is 331 g/mol. The second-order valence-corrected chi connectivity index (χ2v) is 6.79. The van der Waals surface area contributed by atoms with Crippen molar-refractivity contribution >= 4 is 0 Å². The van der Waals surface area contributed by atoms with Crippen LogP contribution in [0.5, 0.6) is 0 Å². The summed E-state index contributed by atoms with van der Waals surface area (Å²) in [6, 6.07) is -0.477. The number of rotatable bonds is 18. The topological polar surface area (TPSA) is 75.7 Å². The number of aliphatic hydroxyl groups excluding tert-OH is 2. The van der Waals surface area contributed by atoms with Gasteiger partial charge in [-0.05, 0) is 12.8 Å². The second-order valence-electron chi connectivity index (χ2n) is 6.79. The molecule has 4 heteroatoms. The molecule has 0 radical (unpaired) electrons. The Hall–Kier alpha value is -0.160. The van der Waals surface area contributed by atoms with Gasteiger partial charge in [-0.1, -0.05) is 77.0 Å². The molecule has 140 valence electrons. The molecular formula is C19H41NO3. The predicted octanol–water partition coefficient (Wildman–Crippen LogP) is 3.77. The standard InChI is InChI=1S/C19H41NO3/c1-23-16-14-12-10-8-6-4-2-3-5-7-9-11-13-15-19(22)18(20)17-21/h18-19,21-22H,2-17,20H2,1H3/t18-,19-/m0/s1. The zero-order valence-corrected chi connectivity index (χ0v) is 15.3. The molecule has 4 nitrogen and oxygen atoms in total. The van der Waals surface area contributed by atoms with E-state index >= 15 is 0 Å². The molecule has 0 aliphatic rings. The van der Waals surface area contributed by atoms with Gasteiger partial charge in [0.1, 0.15) is 0 Å². The number of unbranched alkanes of at least 4 members (excludes halogenated alkanes) is 12. The Kier molecular flexibility index (Phi) is 18.1.